The number of nitrogens with one attached hydrogen (secondary N) is 1. The zero-order chi connectivity index (χ0) is 25.7. The third-order valence-electron chi connectivity index (χ3n) is 5.96. The lowest BCUT2D eigenvalue weighted by Crippen LogP contribution is -2.42. The van der Waals surface area contributed by atoms with Gasteiger partial charge in [-0.1, -0.05) is 23.2 Å². The Kier molecular flexibility index (Phi) is 6.49. The van der Waals surface area contributed by atoms with Crippen LogP contribution in [0.25, 0.3) is 10.8 Å². The summed E-state index contributed by atoms with van der Waals surface area (Å²) in [5.41, 5.74) is -1.74. The monoisotopic (exact) mass is 523 g/mol. The van der Waals surface area contributed by atoms with Gasteiger partial charge >= 0.3 is 6.09 Å². The van der Waals surface area contributed by atoms with E-state index >= 15 is 4.39 Å². The summed E-state index contributed by atoms with van der Waals surface area (Å²) >= 11 is 12.7. The number of anilines is 1. The van der Waals surface area contributed by atoms with Crippen LogP contribution in [0.3, 0.4) is 0 Å². The zero-order valence-electron chi connectivity index (χ0n) is 19.7. The van der Waals surface area contributed by atoms with Crippen LogP contribution in [0.5, 0.6) is 0 Å². The molecule has 4 rings (SSSR count). The minimum atomic E-state index is -1.19. The second kappa shape index (κ2) is 8.99. The summed E-state index contributed by atoms with van der Waals surface area (Å²) < 4.78 is 36.3. The molecule has 0 bridgehead atoms. The van der Waals surface area contributed by atoms with Crippen molar-refractivity contribution in [3.63, 3.8) is 0 Å². The number of amides is 1. The van der Waals surface area contributed by atoms with E-state index in [0.717, 1.165) is 10.8 Å². The van der Waals surface area contributed by atoms with E-state index in [1.54, 1.807) is 26.8 Å². The molecule has 0 aliphatic carbocycles. The fraction of sp³-hybridized carbons (Fsp3) is 0.360. The molecule has 35 heavy (non-hydrogen) atoms. The Balaban J connectivity index is 1.81. The van der Waals surface area contributed by atoms with Crippen LogP contribution in [-0.2, 0) is 17.3 Å². The first kappa shape index (κ1) is 25.3. The Bertz CT molecular complexity index is 1390. The lowest BCUT2D eigenvalue weighted by Gasteiger charge is -2.34. The van der Waals surface area contributed by atoms with Crippen LogP contribution in [0.15, 0.2) is 41.3 Å². The minimum Gasteiger partial charge on any atom is -0.444 e. The SMILES string of the molecule is Cn1cc(F)c2ccc(NC3(c4c(F)ccc(Cl)c4Cl)CCN(C(=O)OC(C)(C)C)C3)cc2c1=O. The van der Waals surface area contributed by atoms with Crippen LogP contribution in [0, 0.1) is 11.6 Å². The Morgan fingerprint density at radius 3 is 2.51 bits per heavy atom. The zero-order valence-corrected chi connectivity index (χ0v) is 21.2. The van der Waals surface area contributed by atoms with Crippen molar-refractivity contribution in [2.75, 3.05) is 18.4 Å². The van der Waals surface area contributed by atoms with Crippen molar-refractivity contribution < 1.29 is 18.3 Å². The number of rotatable bonds is 3. The molecule has 1 amide bonds. The Morgan fingerprint density at radius 2 is 1.83 bits per heavy atom. The molecule has 1 saturated heterocycles. The van der Waals surface area contributed by atoms with Crippen molar-refractivity contribution in [2.24, 2.45) is 7.05 Å². The van der Waals surface area contributed by atoms with Crippen LogP contribution < -0.4 is 10.9 Å². The topological polar surface area (TPSA) is 63.6 Å². The van der Waals surface area contributed by atoms with Crippen molar-refractivity contribution in [1.82, 2.24) is 9.47 Å². The molecule has 1 aliphatic heterocycles. The number of nitrogens with zero attached hydrogens (tertiary/aromatic N) is 2. The molecule has 1 atom stereocenters. The Labute approximate surface area is 211 Å². The number of aryl methyl sites for hydroxylation is 1. The van der Waals surface area contributed by atoms with Gasteiger partial charge in [0.1, 0.15) is 17.2 Å². The first-order valence-electron chi connectivity index (χ1n) is 11.0. The number of pyridine rings is 1. The van der Waals surface area contributed by atoms with E-state index in [1.165, 1.54) is 36.2 Å². The third kappa shape index (κ3) is 4.82. The molecule has 3 aromatic rings. The number of hydrogen-bond acceptors (Lipinski definition) is 4. The van der Waals surface area contributed by atoms with Crippen LogP contribution in [-0.4, -0.2) is 34.3 Å². The Morgan fingerprint density at radius 1 is 1.11 bits per heavy atom. The van der Waals surface area contributed by atoms with Gasteiger partial charge in [0.2, 0.25) is 0 Å². The van der Waals surface area contributed by atoms with Crippen LogP contribution in [0.1, 0.15) is 32.8 Å². The smallest absolute Gasteiger partial charge is 0.410 e. The van der Waals surface area contributed by atoms with Gasteiger partial charge in [0.05, 0.1) is 27.5 Å². The van der Waals surface area contributed by atoms with Gasteiger partial charge in [0.25, 0.3) is 5.56 Å². The second-order valence-corrected chi connectivity index (χ2v) is 10.5. The average Bonchev–Trinajstić information content (AvgIpc) is 3.18. The predicted octanol–water partition coefficient (Wildman–Crippen LogP) is 6.07. The molecule has 1 fully saturated rings. The molecule has 2 aromatic carbocycles. The molecule has 6 nitrogen and oxygen atoms in total. The van der Waals surface area contributed by atoms with E-state index in [2.05, 4.69) is 5.32 Å². The van der Waals surface area contributed by atoms with Gasteiger partial charge in [-0.2, -0.15) is 0 Å². The highest BCUT2D eigenvalue weighted by Gasteiger charge is 2.46. The van der Waals surface area contributed by atoms with Crippen molar-refractivity contribution >= 4 is 45.8 Å². The van der Waals surface area contributed by atoms with Crippen molar-refractivity contribution in [1.29, 1.82) is 0 Å². The van der Waals surface area contributed by atoms with E-state index < -0.39 is 28.9 Å². The molecule has 1 aromatic heterocycles. The summed E-state index contributed by atoms with van der Waals surface area (Å²) in [5.74, 6) is -1.13. The largest absolute Gasteiger partial charge is 0.444 e. The molecular formula is C25H25Cl2F2N3O3. The highest BCUT2D eigenvalue weighted by atomic mass is 35.5. The fourth-order valence-corrected chi connectivity index (χ4v) is 4.89. The Hall–Kier alpha value is -2.84. The highest BCUT2D eigenvalue weighted by Crippen LogP contribution is 2.43. The van der Waals surface area contributed by atoms with Gasteiger partial charge in [-0.3, -0.25) is 4.79 Å². The molecule has 1 aliphatic rings. The number of hydrogen-bond donors (Lipinski definition) is 1. The number of fused-ring (bicyclic) bond motifs is 1. The van der Waals surface area contributed by atoms with E-state index in [9.17, 15) is 14.0 Å². The number of halogens is 4. The third-order valence-corrected chi connectivity index (χ3v) is 6.77. The molecule has 1 unspecified atom stereocenters. The summed E-state index contributed by atoms with van der Waals surface area (Å²) in [7, 11) is 1.46. The maximum Gasteiger partial charge on any atom is 0.410 e. The van der Waals surface area contributed by atoms with Gasteiger partial charge < -0.3 is 19.5 Å². The first-order valence-corrected chi connectivity index (χ1v) is 11.8. The predicted molar refractivity (Wildman–Crippen MR) is 133 cm³/mol. The summed E-state index contributed by atoms with van der Waals surface area (Å²) in [6.07, 6.45) is 0.854. The normalized spacial score (nSPS) is 18.2. The molecule has 186 valence electrons. The number of carbonyl (C=O) groups is 1. The van der Waals surface area contributed by atoms with Gasteiger partial charge in [0, 0.05) is 36.4 Å². The standard InChI is InChI=1S/C25H25Cl2F2N3O3/c1-24(2,3)35-23(34)32-10-9-25(13-32,20-18(28)8-7-17(26)21(20)27)30-14-5-6-15-16(11-14)22(33)31(4)12-19(15)29/h5-8,11-12,30H,9-10,13H2,1-4H3. The first-order chi connectivity index (χ1) is 16.3. The molecule has 2 heterocycles. The van der Waals surface area contributed by atoms with E-state index in [1.807, 2.05) is 0 Å². The van der Waals surface area contributed by atoms with Gasteiger partial charge in [-0.25, -0.2) is 13.6 Å². The maximum absolute atomic E-state index is 15.2. The number of ether oxygens (including phenoxy) is 1. The number of benzene rings is 2. The summed E-state index contributed by atoms with van der Waals surface area (Å²) in [4.78, 5) is 26.9. The second-order valence-electron chi connectivity index (χ2n) is 9.73. The van der Waals surface area contributed by atoms with Gasteiger partial charge in [-0.15, -0.1) is 0 Å². The minimum absolute atomic E-state index is 0.0213. The molecular weight excluding hydrogens is 499 g/mol. The molecule has 0 spiro atoms. The van der Waals surface area contributed by atoms with Crippen molar-refractivity contribution in [2.45, 2.75) is 38.3 Å². The summed E-state index contributed by atoms with van der Waals surface area (Å²) in [6.45, 7) is 5.56. The lowest BCUT2D eigenvalue weighted by atomic mass is 9.87. The number of carbonyl (C=O) groups excluding carboxylic acids is 1. The summed E-state index contributed by atoms with van der Waals surface area (Å²) in [5, 5.41) is 3.79. The number of likely N-dealkylation sites (tertiary alicyclic amines) is 1. The average molecular weight is 524 g/mol. The molecule has 1 N–H and O–H groups in total. The van der Waals surface area contributed by atoms with Crippen LogP contribution in [0.4, 0.5) is 19.3 Å². The van der Waals surface area contributed by atoms with Gasteiger partial charge in [-0.05, 0) is 57.5 Å². The highest BCUT2D eigenvalue weighted by molar-refractivity contribution is 6.42. The maximum atomic E-state index is 15.2. The van der Waals surface area contributed by atoms with E-state index in [0.29, 0.717) is 5.69 Å². The fourth-order valence-electron chi connectivity index (χ4n) is 4.40. The molecule has 10 heteroatoms. The molecule has 0 radical (unpaired) electrons. The van der Waals surface area contributed by atoms with Crippen LogP contribution in [0.2, 0.25) is 10.0 Å². The van der Waals surface area contributed by atoms with Crippen LogP contribution >= 0.6 is 23.2 Å². The van der Waals surface area contributed by atoms with E-state index in [-0.39, 0.29) is 51.5 Å². The van der Waals surface area contributed by atoms with E-state index in [4.69, 9.17) is 27.9 Å². The summed E-state index contributed by atoms with van der Waals surface area (Å²) in [6, 6.07) is 7.17. The number of aromatic nitrogens is 1. The molecule has 0 saturated carbocycles. The quantitative estimate of drug-likeness (QED) is 0.423. The van der Waals surface area contributed by atoms with Crippen molar-refractivity contribution in [3.8, 4) is 0 Å². The van der Waals surface area contributed by atoms with Crippen molar-refractivity contribution in [3.05, 3.63) is 74.1 Å². The van der Waals surface area contributed by atoms with Gasteiger partial charge in [0.15, 0.2) is 0 Å². The lowest BCUT2D eigenvalue weighted by molar-refractivity contribution is 0.0286.